The van der Waals surface area contributed by atoms with Crippen LogP contribution in [-0.4, -0.2) is 49.2 Å². The van der Waals surface area contributed by atoms with Gasteiger partial charge in [0.2, 0.25) is 5.91 Å². The number of carbonyl (C=O) groups excluding carboxylic acids is 1. The lowest BCUT2D eigenvalue weighted by atomic mass is 10.1. The number of nitrogens with zero attached hydrogens (tertiary/aromatic N) is 1. The van der Waals surface area contributed by atoms with Crippen LogP contribution in [0.5, 0.6) is 0 Å². The van der Waals surface area contributed by atoms with Crippen molar-refractivity contribution >= 4 is 5.91 Å². The van der Waals surface area contributed by atoms with Gasteiger partial charge in [-0.25, -0.2) is 0 Å². The summed E-state index contributed by atoms with van der Waals surface area (Å²) in [5.74, 6) is 0.0266. The van der Waals surface area contributed by atoms with E-state index < -0.39 is 0 Å². The van der Waals surface area contributed by atoms with Crippen molar-refractivity contribution in [2.24, 2.45) is 0 Å². The number of nitrogens with one attached hydrogen (secondary N) is 1. The Hall–Kier alpha value is -0.870. The zero-order chi connectivity index (χ0) is 17.2. The second-order valence-corrected chi connectivity index (χ2v) is 6.34. The average Bonchev–Trinajstić information content (AvgIpc) is 2.54. The molecule has 0 spiro atoms. The number of aliphatic hydroxyl groups excluding tert-OH is 1. The molecule has 4 heteroatoms. The number of aliphatic hydroxyl groups is 1. The lowest BCUT2D eigenvalue weighted by Gasteiger charge is -2.16. The Balaban J connectivity index is 3.41. The van der Waals surface area contributed by atoms with Gasteiger partial charge >= 0.3 is 0 Å². The van der Waals surface area contributed by atoms with Crippen molar-refractivity contribution in [3.8, 4) is 0 Å². The highest BCUT2D eigenvalue weighted by Gasteiger charge is 2.00. The fourth-order valence-corrected chi connectivity index (χ4v) is 2.44. The van der Waals surface area contributed by atoms with E-state index in [4.69, 9.17) is 5.11 Å². The van der Waals surface area contributed by atoms with Gasteiger partial charge < -0.3 is 15.3 Å². The summed E-state index contributed by atoms with van der Waals surface area (Å²) in [5.41, 5.74) is 0. The lowest BCUT2D eigenvalue weighted by Crippen LogP contribution is -2.32. The SMILES string of the molecule is CCCCC/C=C/C(=O)NCCN(C)CCCCCCCCO. The van der Waals surface area contributed by atoms with Crippen LogP contribution in [0.25, 0.3) is 0 Å². The number of unbranched alkanes of at least 4 members (excludes halogenated alkanes) is 8. The van der Waals surface area contributed by atoms with Gasteiger partial charge in [-0.1, -0.05) is 51.5 Å². The van der Waals surface area contributed by atoms with Crippen LogP contribution in [0.1, 0.15) is 71.1 Å². The van der Waals surface area contributed by atoms with Gasteiger partial charge in [0, 0.05) is 19.7 Å². The predicted molar refractivity (Wildman–Crippen MR) is 98.6 cm³/mol. The van der Waals surface area contributed by atoms with E-state index in [2.05, 4.69) is 24.2 Å². The number of amides is 1. The van der Waals surface area contributed by atoms with Gasteiger partial charge in [-0.05, 0) is 45.4 Å². The maximum Gasteiger partial charge on any atom is 0.243 e. The van der Waals surface area contributed by atoms with Gasteiger partial charge in [0.15, 0.2) is 0 Å². The fraction of sp³-hybridized carbons (Fsp3) is 0.842. The fourth-order valence-electron chi connectivity index (χ4n) is 2.44. The number of hydrogen-bond acceptors (Lipinski definition) is 3. The molecule has 1 amide bonds. The predicted octanol–water partition coefficient (Wildman–Crippen LogP) is 3.50. The largest absolute Gasteiger partial charge is 0.396 e. The van der Waals surface area contributed by atoms with Crippen molar-refractivity contribution in [1.82, 2.24) is 10.2 Å². The van der Waals surface area contributed by atoms with E-state index in [9.17, 15) is 4.79 Å². The standard InChI is InChI=1S/C19H38N2O2/c1-3-4-5-8-11-14-19(23)20-15-17-21(2)16-12-9-6-7-10-13-18-22/h11,14,22H,3-10,12-13,15-18H2,1-2H3,(H,20,23)/b14-11+. The molecule has 0 aliphatic heterocycles. The number of carbonyl (C=O) groups is 1. The summed E-state index contributed by atoms with van der Waals surface area (Å²) in [7, 11) is 2.11. The molecule has 0 atom stereocenters. The molecule has 0 aliphatic carbocycles. The minimum absolute atomic E-state index is 0.0266. The first-order valence-electron chi connectivity index (χ1n) is 9.44. The van der Waals surface area contributed by atoms with Gasteiger partial charge in [-0.3, -0.25) is 4.79 Å². The van der Waals surface area contributed by atoms with Crippen molar-refractivity contribution in [2.45, 2.75) is 71.1 Å². The zero-order valence-electron chi connectivity index (χ0n) is 15.4. The third-order valence-electron chi connectivity index (χ3n) is 3.98. The summed E-state index contributed by atoms with van der Waals surface area (Å²) in [6.45, 7) is 5.21. The van der Waals surface area contributed by atoms with Crippen molar-refractivity contribution < 1.29 is 9.90 Å². The molecule has 0 bridgehead atoms. The van der Waals surface area contributed by atoms with Crippen LogP contribution < -0.4 is 5.32 Å². The highest BCUT2D eigenvalue weighted by molar-refractivity contribution is 5.87. The summed E-state index contributed by atoms with van der Waals surface area (Å²) >= 11 is 0. The molecule has 4 nitrogen and oxygen atoms in total. The van der Waals surface area contributed by atoms with Gasteiger partial charge in [0.25, 0.3) is 0 Å². The smallest absolute Gasteiger partial charge is 0.243 e. The topological polar surface area (TPSA) is 52.6 Å². The Morgan fingerprint density at radius 3 is 2.39 bits per heavy atom. The zero-order valence-corrected chi connectivity index (χ0v) is 15.4. The Bertz CT molecular complexity index is 293. The highest BCUT2D eigenvalue weighted by atomic mass is 16.2. The average molecular weight is 327 g/mol. The molecule has 136 valence electrons. The third kappa shape index (κ3) is 17.3. The molecule has 0 aliphatic rings. The van der Waals surface area contributed by atoms with Gasteiger partial charge in [-0.15, -0.1) is 0 Å². The maximum absolute atomic E-state index is 11.6. The molecule has 23 heavy (non-hydrogen) atoms. The van der Waals surface area contributed by atoms with Crippen LogP contribution in [0, 0.1) is 0 Å². The molecule has 0 saturated carbocycles. The summed E-state index contributed by atoms with van der Waals surface area (Å²) < 4.78 is 0. The van der Waals surface area contributed by atoms with E-state index in [1.54, 1.807) is 6.08 Å². The Kier molecular flexibility index (Phi) is 16.8. The molecule has 0 fully saturated rings. The van der Waals surface area contributed by atoms with Crippen LogP contribution in [0.3, 0.4) is 0 Å². The first kappa shape index (κ1) is 22.1. The number of rotatable bonds is 16. The molecule has 0 saturated heterocycles. The summed E-state index contributed by atoms with van der Waals surface area (Å²) in [6.07, 6.45) is 15.3. The lowest BCUT2D eigenvalue weighted by molar-refractivity contribution is -0.116. The Morgan fingerprint density at radius 2 is 1.70 bits per heavy atom. The Labute approximate surface area is 143 Å². The van der Waals surface area contributed by atoms with Gasteiger partial charge in [-0.2, -0.15) is 0 Å². The molecule has 0 aromatic rings. The summed E-state index contributed by atoms with van der Waals surface area (Å²) in [6, 6.07) is 0. The minimum atomic E-state index is 0.0266. The van der Waals surface area contributed by atoms with E-state index in [1.165, 1.54) is 44.9 Å². The van der Waals surface area contributed by atoms with Crippen LogP contribution >= 0.6 is 0 Å². The number of allylic oxidation sites excluding steroid dienone is 1. The molecule has 0 aromatic carbocycles. The van der Waals surface area contributed by atoms with Crippen LogP contribution in [0.15, 0.2) is 12.2 Å². The number of likely N-dealkylation sites (N-methyl/N-ethyl adjacent to an activating group) is 1. The molecule has 0 rings (SSSR count). The van der Waals surface area contributed by atoms with Crippen molar-refractivity contribution in [2.75, 3.05) is 33.3 Å². The second kappa shape index (κ2) is 17.5. The van der Waals surface area contributed by atoms with Crippen LogP contribution in [0.2, 0.25) is 0 Å². The first-order chi connectivity index (χ1) is 11.2. The van der Waals surface area contributed by atoms with E-state index in [1.807, 2.05) is 6.08 Å². The van der Waals surface area contributed by atoms with E-state index >= 15 is 0 Å². The second-order valence-electron chi connectivity index (χ2n) is 6.34. The normalized spacial score (nSPS) is 11.5. The molecular weight excluding hydrogens is 288 g/mol. The monoisotopic (exact) mass is 326 g/mol. The van der Waals surface area contributed by atoms with E-state index in [0.29, 0.717) is 13.2 Å². The molecule has 0 aromatic heterocycles. The molecule has 0 radical (unpaired) electrons. The van der Waals surface area contributed by atoms with Gasteiger partial charge in [0.05, 0.1) is 0 Å². The maximum atomic E-state index is 11.6. The van der Waals surface area contributed by atoms with E-state index in [0.717, 1.165) is 32.4 Å². The summed E-state index contributed by atoms with van der Waals surface area (Å²) in [5, 5.41) is 11.6. The van der Waals surface area contributed by atoms with E-state index in [-0.39, 0.29) is 5.91 Å². The first-order valence-corrected chi connectivity index (χ1v) is 9.44. The van der Waals surface area contributed by atoms with Crippen molar-refractivity contribution in [1.29, 1.82) is 0 Å². The van der Waals surface area contributed by atoms with Crippen molar-refractivity contribution in [3.05, 3.63) is 12.2 Å². The van der Waals surface area contributed by atoms with Crippen molar-refractivity contribution in [3.63, 3.8) is 0 Å². The molecular formula is C19H38N2O2. The number of hydrogen-bond donors (Lipinski definition) is 2. The quantitative estimate of drug-likeness (QED) is 0.337. The molecule has 0 unspecified atom stereocenters. The summed E-state index contributed by atoms with van der Waals surface area (Å²) in [4.78, 5) is 13.9. The molecule has 2 N–H and O–H groups in total. The highest BCUT2D eigenvalue weighted by Crippen LogP contribution is 2.05. The van der Waals surface area contributed by atoms with Gasteiger partial charge in [0.1, 0.15) is 0 Å². The Morgan fingerprint density at radius 1 is 1.00 bits per heavy atom. The third-order valence-corrected chi connectivity index (χ3v) is 3.98. The van der Waals surface area contributed by atoms with Crippen LogP contribution in [-0.2, 0) is 4.79 Å². The molecule has 0 heterocycles. The minimum Gasteiger partial charge on any atom is -0.396 e. The van der Waals surface area contributed by atoms with Crippen LogP contribution in [0.4, 0.5) is 0 Å².